The molecule has 0 radical (unpaired) electrons. The van der Waals surface area contributed by atoms with Gasteiger partial charge in [-0.3, -0.25) is 10.2 Å². The molecule has 4 N–H and O–H groups in total. The molecule has 3 fully saturated rings. The molecule has 3 aliphatic heterocycles. The van der Waals surface area contributed by atoms with Crippen molar-refractivity contribution in [2.45, 2.75) is 31.6 Å². The Morgan fingerprint density at radius 2 is 1.82 bits per heavy atom. The van der Waals surface area contributed by atoms with Crippen LogP contribution in [0.3, 0.4) is 0 Å². The molecule has 0 saturated carbocycles. The van der Waals surface area contributed by atoms with Gasteiger partial charge in [0.2, 0.25) is 0 Å². The number of halogens is 1. The van der Waals surface area contributed by atoms with Crippen LogP contribution in [-0.4, -0.2) is 62.8 Å². The third-order valence-electron chi connectivity index (χ3n) is 7.37. The number of carbonyl (C=O) groups is 1. The lowest BCUT2D eigenvalue weighted by atomic mass is 9.83. The Balaban J connectivity index is 1.23. The van der Waals surface area contributed by atoms with Crippen LogP contribution in [0.2, 0.25) is 0 Å². The van der Waals surface area contributed by atoms with Gasteiger partial charge in [0.15, 0.2) is 0 Å². The summed E-state index contributed by atoms with van der Waals surface area (Å²) in [5.74, 6) is -0.119. The summed E-state index contributed by atoms with van der Waals surface area (Å²) in [5, 5.41) is 6.62. The number of carbonyl (C=O) groups excluding carboxylic acids is 1. The fraction of sp³-hybridized carbons (Fsp3) is 0.480. The largest absolute Gasteiger partial charge is 0.369 e. The molecule has 0 aliphatic carbocycles. The first-order valence-electron chi connectivity index (χ1n) is 11.8. The highest BCUT2D eigenvalue weighted by Gasteiger charge is 2.42. The quantitative estimate of drug-likeness (QED) is 0.567. The van der Waals surface area contributed by atoms with Crippen LogP contribution in [0.25, 0.3) is 0 Å². The molecule has 1 amide bonds. The van der Waals surface area contributed by atoms with E-state index in [1.807, 2.05) is 37.3 Å². The minimum Gasteiger partial charge on any atom is -0.369 e. The minimum absolute atomic E-state index is 0.0728. The number of rotatable bonds is 4. The van der Waals surface area contributed by atoms with Gasteiger partial charge in [0.05, 0.1) is 6.17 Å². The number of fused-ring (bicyclic) bond motifs is 1. The summed E-state index contributed by atoms with van der Waals surface area (Å²) in [4.78, 5) is 17.7. The Bertz CT molecular complexity index is 971. The van der Waals surface area contributed by atoms with Gasteiger partial charge in [-0.1, -0.05) is 12.1 Å². The van der Waals surface area contributed by atoms with Crippen molar-refractivity contribution < 1.29 is 9.18 Å². The third kappa shape index (κ3) is 4.61. The summed E-state index contributed by atoms with van der Waals surface area (Å²) >= 11 is 0. The topological polar surface area (TPSA) is 71.7 Å². The fourth-order valence-corrected chi connectivity index (χ4v) is 5.33. The lowest BCUT2D eigenvalue weighted by molar-refractivity contribution is 0.0913. The van der Waals surface area contributed by atoms with E-state index in [0.29, 0.717) is 12.1 Å². The molecule has 8 heteroatoms. The Labute approximate surface area is 194 Å². The summed E-state index contributed by atoms with van der Waals surface area (Å²) in [6.07, 6.45) is 0.524. The van der Waals surface area contributed by atoms with Gasteiger partial charge in [0.25, 0.3) is 5.91 Å². The number of nitrogens with zero attached hydrogens (tertiary/aromatic N) is 2. The van der Waals surface area contributed by atoms with E-state index < -0.39 is 0 Å². The molecule has 5 rings (SSSR count). The van der Waals surface area contributed by atoms with Gasteiger partial charge in [-0.15, -0.1) is 0 Å². The maximum atomic E-state index is 14.5. The molecule has 176 valence electrons. The molecule has 2 aromatic carbocycles. The number of piperazine rings is 1. The first-order chi connectivity index (χ1) is 16.0. The van der Waals surface area contributed by atoms with Crippen LogP contribution >= 0.6 is 0 Å². The van der Waals surface area contributed by atoms with Crippen LogP contribution in [0, 0.1) is 18.7 Å². The maximum absolute atomic E-state index is 14.5. The molecule has 3 saturated heterocycles. The van der Waals surface area contributed by atoms with Gasteiger partial charge in [0.1, 0.15) is 5.82 Å². The van der Waals surface area contributed by atoms with Crippen LogP contribution < -0.4 is 26.4 Å². The van der Waals surface area contributed by atoms with E-state index >= 15 is 0 Å². The molecule has 4 atom stereocenters. The zero-order chi connectivity index (χ0) is 22.9. The van der Waals surface area contributed by atoms with E-state index in [0.717, 1.165) is 49.4 Å². The third-order valence-corrected chi connectivity index (χ3v) is 7.37. The molecule has 3 heterocycles. The van der Waals surface area contributed by atoms with Crippen molar-refractivity contribution >= 4 is 11.6 Å². The number of amides is 1. The predicted molar refractivity (Wildman–Crippen MR) is 127 cm³/mol. The van der Waals surface area contributed by atoms with Crippen molar-refractivity contribution in [2.24, 2.45) is 5.92 Å². The highest BCUT2D eigenvalue weighted by Crippen LogP contribution is 2.33. The SMILES string of the molecule is Cc1cccc(F)c1C1CC2C(CN1)NNC2NC(=O)c1ccc(N2CCN(C)CC2)cc1. The molecule has 4 unspecified atom stereocenters. The van der Waals surface area contributed by atoms with E-state index in [9.17, 15) is 9.18 Å². The lowest BCUT2D eigenvalue weighted by Crippen LogP contribution is -2.49. The van der Waals surface area contributed by atoms with Crippen LogP contribution in [0.1, 0.15) is 33.9 Å². The van der Waals surface area contributed by atoms with Crippen LogP contribution in [-0.2, 0) is 0 Å². The van der Waals surface area contributed by atoms with Crippen molar-refractivity contribution in [1.82, 2.24) is 26.4 Å². The van der Waals surface area contributed by atoms with E-state index in [1.54, 1.807) is 6.07 Å². The molecular formula is C25H33FN6O. The van der Waals surface area contributed by atoms with Crippen molar-refractivity contribution in [3.05, 3.63) is 65.0 Å². The van der Waals surface area contributed by atoms with E-state index in [2.05, 4.69) is 38.3 Å². The molecule has 2 aromatic rings. The standard InChI is InChI=1S/C25H33FN6O/c1-16-4-3-5-20(26)23(16)21-14-19-22(15-27-21)29-30-24(19)28-25(33)17-6-8-18(9-7-17)32-12-10-31(2)11-13-32/h3-9,19,21-22,24,27,29-30H,10-15H2,1-2H3,(H,28,33). The zero-order valence-corrected chi connectivity index (χ0v) is 19.3. The van der Waals surface area contributed by atoms with Crippen LogP contribution in [0.5, 0.6) is 0 Å². The minimum atomic E-state index is -0.212. The van der Waals surface area contributed by atoms with Crippen molar-refractivity contribution in [3.8, 4) is 0 Å². The van der Waals surface area contributed by atoms with Crippen LogP contribution in [0.15, 0.2) is 42.5 Å². The molecule has 7 nitrogen and oxygen atoms in total. The van der Waals surface area contributed by atoms with Crippen molar-refractivity contribution in [1.29, 1.82) is 0 Å². The summed E-state index contributed by atoms with van der Waals surface area (Å²) in [6.45, 7) is 6.75. The summed E-state index contributed by atoms with van der Waals surface area (Å²) in [7, 11) is 2.14. The molecule has 0 aromatic heterocycles. The van der Waals surface area contributed by atoms with Gasteiger partial charge in [-0.2, -0.15) is 0 Å². The smallest absolute Gasteiger partial charge is 0.252 e. The van der Waals surface area contributed by atoms with Gasteiger partial charge in [-0.25, -0.2) is 9.82 Å². The first-order valence-corrected chi connectivity index (χ1v) is 11.8. The molecule has 3 aliphatic rings. The molecule has 0 bridgehead atoms. The van der Waals surface area contributed by atoms with E-state index in [4.69, 9.17) is 0 Å². The molecular weight excluding hydrogens is 419 g/mol. The van der Waals surface area contributed by atoms with E-state index in [-0.39, 0.29) is 35.9 Å². The number of hydrazine groups is 1. The monoisotopic (exact) mass is 452 g/mol. The highest BCUT2D eigenvalue weighted by molar-refractivity contribution is 5.94. The average Bonchev–Trinajstić information content (AvgIpc) is 3.21. The summed E-state index contributed by atoms with van der Waals surface area (Å²) in [6, 6.07) is 13.2. The zero-order valence-electron chi connectivity index (χ0n) is 19.3. The first kappa shape index (κ1) is 22.3. The van der Waals surface area contributed by atoms with Gasteiger partial charge >= 0.3 is 0 Å². The number of nitrogens with one attached hydrogen (secondary N) is 4. The second-order valence-electron chi connectivity index (χ2n) is 9.51. The van der Waals surface area contributed by atoms with Gasteiger partial charge < -0.3 is 20.4 Å². The average molecular weight is 453 g/mol. The number of hydrogen-bond donors (Lipinski definition) is 4. The number of piperidine rings is 1. The lowest BCUT2D eigenvalue weighted by Gasteiger charge is -2.35. The molecule has 33 heavy (non-hydrogen) atoms. The van der Waals surface area contributed by atoms with Gasteiger partial charge in [0, 0.05) is 67.5 Å². The number of anilines is 1. The maximum Gasteiger partial charge on any atom is 0.252 e. The number of benzene rings is 2. The summed E-state index contributed by atoms with van der Waals surface area (Å²) in [5.41, 5.74) is 10.0. The second kappa shape index (κ2) is 9.38. The Kier molecular flexibility index (Phi) is 6.34. The normalized spacial score (nSPS) is 27.9. The number of hydrogen-bond acceptors (Lipinski definition) is 6. The van der Waals surface area contributed by atoms with Crippen molar-refractivity contribution in [3.63, 3.8) is 0 Å². The van der Waals surface area contributed by atoms with Crippen LogP contribution in [0.4, 0.5) is 10.1 Å². The highest BCUT2D eigenvalue weighted by atomic mass is 19.1. The van der Waals surface area contributed by atoms with E-state index in [1.165, 1.54) is 6.07 Å². The fourth-order valence-electron chi connectivity index (χ4n) is 5.33. The Hall–Kier alpha value is -2.52. The number of likely N-dealkylation sites (N-methyl/N-ethyl adjacent to an activating group) is 1. The summed E-state index contributed by atoms with van der Waals surface area (Å²) < 4.78 is 14.5. The molecule has 0 spiro atoms. The van der Waals surface area contributed by atoms with Gasteiger partial charge in [-0.05, 0) is 56.3 Å². The Morgan fingerprint density at radius 1 is 1.06 bits per heavy atom. The van der Waals surface area contributed by atoms with Crippen molar-refractivity contribution in [2.75, 3.05) is 44.7 Å². The Morgan fingerprint density at radius 3 is 2.55 bits per heavy atom. The predicted octanol–water partition coefficient (Wildman–Crippen LogP) is 1.77. The second-order valence-corrected chi connectivity index (χ2v) is 9.51. The number of aryl methyl sites for hydroxylation is 1.